The van der Waals surface area contributed by atoms with E-state index in [0.717, 1.165) is 12.3 Å². The molecule has 1 saturated carbocycles. The first-order chi connectivity index (χ1) is 7.81. The van der Waals surface area contributed by atoms with Crippen molar-refractivity contribution in [3.8, 4) is 0 Å². The zero-order valence-electron chi connectivity index (χ0n) is 10.4. The van der Waals surface area contributed by atoms with E-state index >= 15 is 0 Å². The Morgan fingerprint density at radius 2 is 2.12 bits per heavy atom. The Morgan fingerprint density at radius 1 is 1.25 bits per heavy atom. The Labute approximate surface area is 99.1 Å². The molecule has 16 heavy (non-hydrogen) atoms. The van der Waals surface area contributed by atoms with Gasteiger partial charge in [0.15, 0.2) is 0 Å². The van der Waals surface area contributed by atoms with E-state index in [1.165, 1.54) is 32.1 Å². The van der Waals surface area contributed by atoms with Crippen LogP contribution < -0.4 is 5.32 Å². The van der Waals surface area contributed by atoms with Crippen LogP contribution in [0.3, 0.4) is 0 Å². The van der Waals surface area contributed by atoms with Gasteiger partial charge in [-0.25, -0.2) is 0 Å². The topological polar surface area (TPSA) is 32.3 Å². The second-order valence-corrected chi connectivity index (χ2v) is 5.47. The van der Waals surface area contributed by atoms with Crippen molar-refractivity contribution in [2.45, 2.75) is 57.5 Å². The molecule has 0 aromatic rings. The standard InChI is InChI=1S/C14H25NO/c1-2-11-4-3-5-13(8-11)15-14-7-6-12(9-14)10-16/h6-7,11-16H,2-5,8-10H2,1H3/t11?,12-,13?,14+/m0/s1. The molecule has 0 bridgehead atoms. The highest BCUT2D eigenvalue weighted by Gasteiger charge is 2.25. The van der Waals surface area contributed by atoms with E-state index in [4.69, 9.17) is 5.11 Å². The van der Waals surface area contributed by atoms with Gasteiger partial charge in [0, 0.05) is 24.6 Å². The SMILES string of the molecule is CCC1CCCC(N[C@@H]2C=C[C@H](CO)C2)C1. The van der Waals surface area contributed by atoms with Crippen molar-refractivity contribution in [1.29, 1.82) is 0 Å². The Morgan fingerprint density at radius 3 is 2.81 bits per heavy atom. The second kappa shape index (κ2) is 5.83. The molecule has 0 spiro atoms. The van der Waals surface area contributed by atoms with Crippen LogP contribution in [0.4, 0.5) is 0 Å². The van der Waals surface area contributed by atoms with Crippen molar-refractivity contribution < 1.29 is 5.11 Å². The van der Waals surface area contributed by atoms with E-state index in [1.807, 2.05) is 0 Å². The van der Waals surface area contributed by atoms with Crippen LogP contribution in [0.2, 0.25) is 0 Å². The summed E-state index contributed by atoms with van der Waals surface area (Å²) < 4.78 is 0. The summed E-state index contributed by atoms with van der Waals surface area (Å²) in [5.74, 6) is 1.33. The molecule has 2 nitrogen and oxygen atoms in total. The predicted octanol–water partition coefficient (Wildman–Crippen LogP) is 2.48. The normalized spacial score (nSPS) is 39.1. The van der Waals surface area contributed by atoms with Crippen LogP contribution in [-0.2, 0) is 0 Å². The van der Waals surface area contributed by atoms with Crippen LogP contribution in [0.1, 0.15) is 45.4 Å². The zero-order chi connectivity index (χ0) is 11.4. The monoisotopic (exact) mass is 223 g/mol. The number of aliphatic hydroxyl groups excluding tert-OH is 1. The average molecular weight is 223 g/mol. The molecule has 1 fully saturated rings. The molecule has 2 N–H and O–H groups in total. The number of rotatable bonds is 4. The maximum Gasteiger partial charge on any atom is 0.0494 e. The van der Waals surface area contributed by atoms with Crippen LogP contribution in [0.15, 0.2) is 12.2 Å². The summed E-state index contributed by atoms with van der Waals surface area (Å²) in [7, 11) is 0. The molecule has 4 atom stereocenters. The van der Waals surface area contributed by atoms with Gasteiger partial charge in [-0.05, 0) is 25.2 Å². The van der Waals surface area contributed by atoms with Gasteiger partial charge in [-0.3, -0.25) is 0 Å². The van der Waals surface area contributed by atoms with Crippen molar-refractivity contribution >= 4 is 0 Å². The van der Waals surface area contributed by atoms with E-state index in [-0.39, 0.29) is 0 Å². The number of nitrogens with one attached hydrogen (secondary N) is 1. The molecular weight excluding hydrogens is 198 g/mol. The molecule has 2 rings (SSSR count). The van der Waals surface area contributed by atoms with Crippen molar-refractivity contribution in [2.24, 2.45) is 11.8 Å². The van der Waals surface area contributed by atoms with Gasteiger partial charge < -0.3 is 10.4 Å². The third-order valence-corrected chi connectivity index (χ3v) is 4.22. The lowest BCUT2D eigenvalue weighted by atomic mass is 9.84. The van der Waals surface area contributed by atoms with E-state index in [2.05, 4.69) is 24.4 Å². The van der Waals surface area contributed by atoms with Crippen LogP contribution in [0.5, 0.6) is 0 Å². The Hall–Kier alpha value is -0.340. The van der Waals surface area contributed by atoms with E-state index in [0.29, 0.717) is 24.6 Å². The quantitative estimate of drug-likeness (QED) is 0.718. The maximum atomic E-state index is 9.09. The van der Waals surface area contributed by atoms with E-state index in [1.54, 1.807) is 0 Å². The molecule has 2 unspecified atom stereocenters. The molecule has 0 aliphatic heterocycles. The molecule has 0 saturated heterocycles. The fourth-order valence-electron chi connectivity index (χ4n) is 3.15. The molecule has 2 aliphatic rings. The molecule has 0 heterocycles. The van der Waals surface area contributed by atoms with Gasteiger partial charge in [-0.15, -0.1) is 0 Å². The molecule has 92 valence electrons. The Bertz CT molecular complexity index is 239. The summed E-state index contributed by atoms with van der Waals surface area (Å²) in [4.78, 5) is 0. The largest absolute Gasteiger partial charge is 0.396 e. The molecule has 2 heteroatoms. The lowest BCUT2D eigenvalue weighted by Crippen LogP contribution is -2.39. The van der Waals surface area contributed by atoms with E-state index < -0.39 is 0 Å². The molecule has 0 aromatic heterocycles. The number of aliphatic hydroxyl groups is 1. The van der Waals surface area contributed by atoms with Crippen LogP contribution >= 0.6 is 0 Å². The number of hydrogen-bond acceptors (Lipinski definition) is 2. The first-order valence-corrected chi connectivity index (χ1v) is 6.87. The van der Waals surface area contributed by atoms with Gasteiger partial charge in [0.1, 0.15) is 0 Å². The summed E-state index contributed by atoms with van der Waals surface area (Å²) in [6.45, 7) is 2.61. The van der Waals surface area contributed by atoms with Crippen LogP contribution in [0, 0.1) is 11.8 Å². The van der Waals surface area contributed by atoms with Crippen molar-refractivity contribution in [2.75, 3.05) is 6.61 Å². The summed E-state index contributed by atoms with van der Waals surface area (Å²) >= 11 is 0. The Balaban J connectivity index is 1.75. The summed E-state index contributed by atoms with van der Waals surface area (Å²) in [6, 6.07) is 1.23. The molecule has 0 aromatic carbocycles. The van der Waals surface area contributed by atoms with Gasteiger partial charge in [0.25, 0.3) is 0 Å². The highest BCUT2D eigenvalue weighted by atomic mass is 16.3. The van der Waals surface area contributed by atoms with Crippen molar-refractivity contribution in [3.05, 3.63) is 12.2 Å². The van der Waals surface area contributed by atoms with Gasteiger partial charge in [0.2, 0.25) is 0 Å². The lowest BCUT2D eigenvalue weighted by Gasteiger charge is -2.31. The third kappa shape index (κ3) is 3.08. The fraction of sp³-hybridized carbons (Fsp3) is 0.857. The van der Waals surface area contributed by atoms with Crippen molar-refractivity contribution in [1.82, 2.24) is 5.32 Å². The third-order valence-electron chi connectivity index (χ3n) is 4.22. The molecular formula is C14H25NO. The predicted molar refractivity (Wildman–Crippen MR) is 67.3 cm³/mol. The zero-order valence-corrected chi connectivity index (χ0v) is 10.4. The minimum atomic E-state index is 0.303. The second-order valence-electron chi connectivity index (χ2n) is 5.47. The molecule has 0 amide bonds. The summed E-state index contributed by atoms with van der Waals surface area (Å²) in [6.07, 6.45) is 12.3. The van der Waals surface area contributed by atoms with Gasteiger partial charge >= 0.3 is 0 Å². The van der Waals surface area contributed by atoms with Crippen molar-refractivity contribution in [3.63, 3.8) is 0 Å². The highest BCUT2D eigenvalue weighted by Crippen LogP contribution is 2.28. The van der Waals surface area contributed by atoms with Gasteiger partial charge in [-0.1, -0.05) is 38.3 Å². The number of hydrogen-bond donors (Lipinski definition) is 2. The average Bonchev–Trinajstić information content (AvgIpc) is 2.77. The minimum absolute atomic E-state index is 0.303. The smallest absolute Gasteiger partial charge is 0.0494 e. The first kappa shape index (κ1) is 12.1. The van der Waals surface area contributed by atoms with Crippen LogP contribution in [0.25, 0.3) is 0 Å². The maximum absolute atomic E-state index is 9.09. The summed E-state index contributed by atoms with van der Waals surface area (Å²) in [5, 5.41) is 12.8. The minimum Gasteiger partial charge on any atom is -0.396 e. The Kier molecular flexibility index (Phi) is 4.42. The van der Waals surface area contributed by atoms with Gasteiger partial charge in [0.05, 0.1) is 0 Å². The van der Waals surface area contributed by atoms with E-state index in [9.17, 15) is 0 Å². The highest BCUT2D eigenvalue weighted by molar-refractivity contribution is 5.06. The molecule has 2 aliphatic carbocycles. The fourth-order valence-corrected chi connectivity index (χ4v) is 3.15. The van der Waals surface area contributed by atoms with Gasteiger partial charge in [-0.2, -0.15) is 0 Å². The summed E-state index contributed by atoms with van der Waals surface area (Å²) in [5.41, 5.74) is 0. The lowest BCUT2D eigenvalue weighted by molar-refractivity contribution is 0.234. The molecule has 0 radical (unpaired) electrons. The van der Waals surface area contributed by atoms with Crippen LogP contribution in [-0.4, -0.2) is 23.8 Å². The first-order valence-electron chi connectivity index (χ1n) is 6.87.